The molecule has 3 heterocycles. The third kappa shape index (κ3) is 11.8. The van der Waals surface area contributed by atoms with Crippen molar-refractivity contribution in [2.75, 3.05) is 29.8 Å². The Labute approximate surface area is 264 Å². The van der Waals surface area contributed by atoms with Crippen LogP contribution in [0.1, 0.15) is 41.0 Å². The second-order valence-electron chi connectivity index (χ2n) is 7.93. The first-order valence-electron chi connectivity index (χ1n) is 11.6. The summed E-state index contributed by atoms with van der Waals surface area (Å²) in [5.74, 6) is 0.459. The molecule has 3 unspecified atom stereocenters. The van der Waals surface area contributed by atoms with Crippen LogP contribution in [0.5, 0.6) is 0 Å². The summed E-state index contributed by atoms with van der Waals surface area (Å²) < 4.78 is 102. The van der Waals surface area contributed by atoms with Crippen LogP contribution in [0.25, 0.3) is 0 Å². The minimum atomic E-state index is -3.33. The summed E-state index contributed by atoms with van der Waals surface area (Å²) in [5, 5.41) is 21.2. The minimum absolute atomic E-state index is 0.0119. The molecule has 3 aromatic heterocycles. The third-order valence-electron chi connectivity index (χ3n) is 4.20. The summed E-state index contributed by atoms with van der Waals surface area (Å²) in [6.07, 6.45) is 3.25. The Kier molecular flexibility index (Phi) is 15.7. The van der Waals surface area contributed by atoms with Crippen LogP contribution in [0.4, 0.5) is 0 Å². The van der Waals surface area contributed by atoms with Gasteiger partial charge in [-0.25, -0.2) is 25.3 Å². The van der Waals surface area contributed by atoms with Crippen LogP contribution in [0.3, 0.4) is 0 Å². The highest BCUT2D eigenvalue weighted by Gasteiger charge is 2.21. The van der Waals surface area contributed by atoms with Crippen molar-refractivity contribution in [3.63, 3.8) is 0 Å². The van der Waals surface area contributed by atoms with E-state index in [2.05, 4.69) is 30.6 Å². The largest absolute Gasteiger partial charge is 0.252 e. The lowest BCUT2D eigenvalue weighted by atomic mass is 10.6. The van der Waals surface area contributed by atoms with Crippen LogP contribution in [0, 0.1) is 0 Å². The molecule has 0 saturated heterocycles. The van der Waals surface area contributed by atoms with Crippen molar-refractivity contribution in [3.8, 4) is 0 Å². The number of hydrogen-bond acceptors (Lipinski definition) is 18. The molecule has 3 rings (SSSR count). The number of nitrogens with zero attached hydrogens (tertiary/aromatic N) is 6. The highest BCUT2D eigenvalue weighted by Crippen LogP contribution is 2.21. The smallest absolute Gasteiger partial charge is 0.233 e. The topological polar surface area (TPSA) is 231 Å². The molecule has 0 aliphatic rings. The van der Waals surface area contributed by atoms with Crippen molar-refractivity contribution in [1.82, 2.24) is 30.6 Å². The molecule has 0 N–H and O–H groups in total. The predicted molar refractivity (Wildman–Crippen MR) is 164 cm³/mol. The molecule has 0 spiro atoms. The van der Waals surface area contributed by atoms with E-state index in [1.54, 1.807) is 20.8 Å². The van der Waals surface area contributed by atoms with Crippen LogP contribution < -0.4 is 0 Å². The van der Waals surface area contributed by atoms with Gasteiger partial charge in [-0.05, 0) is 6.42 Å². The molecule has 0 aromatic carbocycles. The van der Waals surface area contributed by atoms with E-state index in [-0.39, 0.29) is 38.5 Å². The van der Waals surface area contributed by atoms with Gasteiger partial charge in [0.15, 0.2) is 0 Å². The molecule has 24 heteroatoms. The summed E-state index contributed by atoms with van der Waals surface area (Å²) in [6.45, 7) is 8.52. The summed E-state index contributed by atoms with van der Waals surface area (Å²) in [5.41, 5.74) is 0. The van der Waals surface area contributed by atoms with Gasteiger partial charge in [-0.3, -0.25) is 12.6 Å². The lowest BCUT2D eigenvalue weighted by Crippen LogP contribution is -2.04. The van der Waals surface area contributed by atoms with Gasteiger partial charge in [0.05, 0.1) is 43.9 Å². The first kappa shape index (κ1) is 39.0. The van der Waals surface area contributed by atoms with Gasteiger partial charge < -0.3 is 0 Å². The number of aromatic nitrogens is 6. The summed E-state index contributed by atoms with van der Waals surface area (Å²) in [4.78, 5) is 0. The molecular weight excluding hydrogens is 733 g/mol. The summed E-state index contributed by atoms with van der Waals surface area (Å²) >= 11 is 2.63. The Morgan fingerprint density at radius 3 is 1.43 bits per heavy atom. The highest BCUT2D eigenvalue weighted by molar-refractivity contribution is 7.95. The van der Waals surface area contributed by atoms with Crippen molar-refractivity contribution in [3.05, 3.63) is 0 Å². The van der Waals surface area contributed by atoms with E-state index >= 15 is 0 Å². The molecule has 3 aromatic rings. The van der Waals surface area contributed by atoms with Gasteiger partial charge in [0.25, 0.3) is 0 Å². The average Bonchev–Trinajstić information content (AvgIpc) is 3.69. The van der Waals surface area contributed by atoms with E-state index in [4.69, 9.17) is 0 Å². The van der Waals surface area contributed by atoms with Gasteiger partial charge in [0, 0.05) is 23.5 Å². The first-order chi connectivity index (χ1) is 19.3. The van der Waals surface area contributed by atoms with Crippen LogP contribution in [0.2, 0.25) is 0 Å². The van der Waals surface area contributed by atoms with Gasteiger partial charge >= 0.3 is 0 Å². The molecule has 0 bridgehead atoms. The predicted octanol–water partition coefficient (Wildman–Crippen LogP) is 1.38. The van der Waals surface area contributed by atoms with Crippen molar-refractivity contribution in [2.24, 2.45) is 0 Å². The number of hydrogen-bond donors (Lipinski definition) is 0. The van der Waals surface area contributed by atoms with Crippen LogP contribution >= 0.6 is 34.0 Å². The van der Waals surface area contributed by atoms with Gasteiger partial charge in [-0.15, -0.1) is 30.6 Å². The molecule has 240 valence electrons. The highest BCUT2D eigenvalue weighted by atomic mass is 32.3. The van der Waals surface area contributed by atoms with Gasteiger partial charge in [-0.2, -0.15) is 0 Å². The third-order valence-corrected chi connectivity index (χ3v) is 18.0. The van der Waals surface area contributed by atoms with Gasteiger partial charge in [-0.1, -0.05) is 68.6 Å². The standard InChI is InChI=1S/C7H12N2O3S3.C6H10N2O3S3.C5H8N2O3S3/c1-3-5-14(10)6-8-9-7(13-6)15(11,12)4-2;1-4(2)13(9)5-7-8-6(12-5)14(3,10)11;1-3-13(9,10)5-7-6-4(11-5)12(2)8/h3-5H2,1-2H3;4H,1-3H3;3H2,1-2H3. The molecule has 0 aliphatic heterocycles. The van der Waals surface area contributed by atoms with Crippen LogP contribution in [-0.2, 0) is 61.9 Å². The Morgan fingerprint density at radius 2 is 1.07 bits per heavy atom. The molecular formula is C18H30N6O9S9. The maximum absolute atomic E-state index is 11.5. The first-order valence-corrected chi connectivity index (χ1v) is 23.3. The second kappa shape index (κ2) is 16.9. The van der Waals surface area contributed by atoms with E-state index < -0.39 is 61.9 Å². The number of rotatable bonds is 11. The second-order valence-corrected chi connectivity index (χ2v) is 23.4. The minimum Gasteiger partial charge on any atom is -0.252 e. The monoisotopic (exact) mass is 762 g/mol. The molecule has 0 saturated carbocycles. The fourth-order valence-electron chi connectivity index (χ4n) is 2.00. The Hall–Kier alpha value is -1.02. The SMILES string of the molecule is CC(C)S(=O)c1nnc(S(C)(=O)=O)s1.CCCS(=O)c1nnc(S(=O)(=O)CC)s1.CCS(=O)(=O)c1nnc(S(C)=O)s1. The Bertz CT molecular complexity index is 1730. The van der Waals surface area contributed by atoms with E-state index in [0.717, 1.165) is 46.7 Å². The van der Waals surface area contributed by atoms with Crippen LogP contribution in [0.15, 0.2) is 26.0 Å². The zero-order valence-electron chi connectivity index (χ0n) is 23.4. The van der Waals surface area contributed by atoms with Gasteiger partial charge in [0.2, 0.25) is 55.5 Å². The zero-order valence-corrected chi connectivity index (χ0v) is 30.8. The van der Waals surface area contributed by atoms with Crippen molar-refractivity contribution in [1.29, 1.82) is 0 Å². The fraction of sp³-hybridized carbons (Fsp3) is 0.667. The van der Waals surface area contributed by atoms with E-state index in [9.17, 15) is 37.9 Å². The van der Waals surface area contributed by atoms with Crippen molar-refractivity contribution >= 4 is 95.9 Å². The van der Waals surface area contributed by atoms with E-state index in [1.807, 2.05) is 6.92 Å². The maximum Gasteiger partial charge on any atom is 0.233 e. The average molecular weight is 763 g/mol. The molecule has 0 radical (unpaired) electrons. The van der Waals surface area contributed by atoms with Crippen molar-refractivity contribution in [2.45, 2.75) is 72.3 Å². The molecule has 0 aliphatic carbocycles. The van der Waals surface area contributed by atoms with E-state index in [1.165, 1.54) is 13.2 Å². The normalized spacial score (nSPS) is 14.3. The maximum atomic E-state index is 11.5. The lowest BCUT2D eigenvalue weighted by molar-refractivity contribution is 0.593. The lowest BCUT2D eigenvalue weighted by Gasteiger charge is -1.98. The molecule has 0 amide bonds. The van der Waals surface area contributed by atoms with Crippen molar-refractivity contribution < 1.29 is 37.9 Å². The zero-order chi connectivity index (χ0) is 32.5. The summed E-state index contributed by atoms with van der Waals surface area (Å²) in [6, 6.07) is 0. The molecule has 0 fully saturated rings. The Morgan fingerprint density at radius 1 is 0.667 bits per heavy atom. The molecule has 3 atom stereocenters. The van der Waals surface area contributed by atoms with E-state index in [0.29, 0.717) is 10.1 Å². The Balaban J connectivity index is 0.000000316. The fourth-order valence-corrected chi connectivity index (χ4v) is 11.5. The molecule has 42 heavy (non-hydrogen) atoms. The van der Waals surface area contributed by atoms with Gasteiger partial charge in [0.1, 0.15) is 0 Å². The number of sulfone groups is 3. The summed E-state index contributed by atoms with van der Waals surface area (Å²) in [7, 11) is -13.7. The molecule has 15 nitrogen and oxygen atoms in total. The van der Waals surface area contributed by atoms with Crippen LogP contribution in [-0.4, -0.2) is 103 Å². The quantitative estimate of drug-likeness (QED) is 0.269.